The molecule has 0 radical (unpaired) electrons. The SMILES string of the molecule is C=CCOc1ccc(-c2ccc(-c3ccc(C4CCc5cc(CCCCC)ccc5C4)c(F)c3)cc2)c(F)c1F. The number of hydrogen-bond donors (Lipinski definition) is 0. The second kappa shape index (κ2) is 12.6. The molecule has 0 N–H and O–H groups in total. The fourth-order valence-corrected chi connectivity index (χ4v) is 5.70. The molecule has 1 unspecified atom stereocenters. The van der Waals surface area contributed by atoms with Crippen LogP contribution in [0.1, 0.15) is 60.8 Å². The van der Waals surface area contributed by atoms with E-state index in [0.29, 0.717) is 5.56 Å². The van der Waals surface area contributed by atoms with Gasteiger partial charge in [-0.05, 0) is 95.2 Å². The van der Waals surface area contributed by atoms with Crippen molar-refractivity contribution in [1.29, 1.82) is 0 Å². The third-order valence-electron chi connectivity index (χ3n) is 7.94. The van der Waals surface area contributed by atoms with E-state index in [9.17, 15) is 8.78 Å². The monoisotopic (exact) mass is 540 g/mol. The summed E-state index contributed by atoms with van der Waals surface area (Å²) >= 11 is 0. The van der Waals surface area contributed by atoms with E-state index >= 15 is 4.39 Å². The second-order valence-corrected chi connectivity index (χ2v) is 10.7. The van der Waals surface area contributed by atoms with Crippen LogP contribution in [-0.4, -0.2) is 6.61 Å². The number of aryl methyl sites for hydroxylation is 2. The van der Waals surface area contributed by atoms with E-state index in [1.807, 2.05) is 12.1 Å². The summed E-state index contributed by atoms with van der Waals surface area (Å²) in [5.74, 6) is -2.19. The Hall–Kier alpha value is -3.79. The van der Waals surface area contributed by atoms with Crippen molar-refractivity contribution in [3.63, 3.8) is 0 Å². The number of unbranched alkanes of at least 4 members (excludes halogenated alkanes) is 2. The fourth-order valence-electron chi connectivity index (χ4n) is 5.70. The van der Waals surface area contributed by atoms with E-state index in [2.05, 4.69) is 31.7 Å². The maximum absolute atomic E-state index is 15.4. The zero-order valence-electron chi connectivity index (χ0n) is 23.0. The van der Waals surface area contributed by atoms with Crippen molar-refractivity contribution in [3.05, 3.63) is 125 Å². The van der Waals surface area contributed by atoms with Crippen molar-refractivity contribution in [2.24, 2.45) is 0 Å². The van der Waals surface area contributed by atoms with Crippen molar-refractivity contribution in [1.82, 2.24) is 0 Å². The topological polar surface area (TPSA) is 9.23 Å². The first-order valence-electron chi connectivity index (χ1n) is 14.2. The first-order valence-corrected chi connectivity index (χ1v) is 14.2. The molecule has 4 aromatic rings. The van der Waals surface area contributed by atoms with Crippen molar-refractivity contribution in [2.45, 2.75) is 57.8 Å². The lowest BCUT2D eigenvalue weighted by Crippen LogP contribution is -2.14. The molecule has 40 heavy (non-hydrogen) atoms. The van der Waals surface area contributed by atoms with Crippen LogP contribution in [0.3, 0.4) is 0 Å². The predicted octanol–water partition coefficient (Wildman–Crippen LogP) is 10.0. The largest absolute Gasteiger partial charge is 0.486 e. The van der Waals surface area contributed by atoms with Gasteiger partial charge in [-0.1, -0.05) is 87.0 Å². The molecule has 1 aliphatic rings. The van der Waals surface area contributed by atoms with Crippen LogP contribution in [0.5, 0.6) is 5.75 Å². The number of rotatable bonds is 10. The minimum atomic E-state index is -1.03. The van der Waals surface area contributed by atoms with Crippen molar-refractivity contribution in [3.8, 4) is 28.0 Å². The van der Waals surface area contributed by atoms with Crippen LogP contribution in [0.15, 0.2) is 85.5 Å². The molecule has 206 valence electrons. The zero-order chi connectivity index (χ0) is 28.1. The van der Waals surface area contributed by atoms with Crippen LogP contribution in [0.2, 0.25) is 0 Å². The molecule has 0 bridgehead atoms. The number of ether oxygens (including phenoxy) is 1. The molecule has 0 aromatic heterocycles. The van der Waals surface area contributed by atoms with E-state index in [4.69, 9.17) is 4.74 Å². The summed E-state index contributed by atoms with van der Waals surface area (Å²) in [4.78, 5) is 0. The second-order valence-electron chi connectivity index (χ2n) is 10.7. The summed E-state index contributed by atoms with van der Waals surface area (Å²) in [5, 5.41) is 0. The lowest BCUT2D eigenvalue weighted by atomic mass is 9.79. The smallest absolute Gasteiger partial charge is 0.201 e. The Kier molecular flexibility index (Phi) is 8.74. The molecule has 0 fully saturated rings. The van der Waals surface area contributed by atoms with Gasteiger partial charge in [-0.3, -0.25) is 0 Å². The molecule has 5 rings (SSSR count). The maximum Gasteiger partial charge on any atom is 0.201 e. The summed E-state index contributed by atoms with van der Waals surface area (Å²) in [6.45, 7) is 5.83. The first-order chi connectivity index (χ1) is 19.5. The number of hydrogen-bond acceptors (Lipinski definition) is 1. The van der Waals surface area contributed by atoms with Crippen molar-refractivity contribution >= 4 is 0 Å². The van der Waals surface area contributed by atoms with Crippen LogP contribution in [0.25, 0.3) is 22.3 Å². The van der Waals surface area contributed by atoms with Gasteiger partial charge >= 0.3 is 0 Å². The van der Waals surface area contributed by atoms with Gasteiger partial charge in [0.1, 0.15) is 12.4 Å². The third kappa shape index (κ3) is 6.01. The molecule has 0 saturated heterocycles. The van der Waals surface area contributed by atoms with Gasteiger partial charge in [0.05, 0.1) is 0 Å². The highest BCUT2D eigenvalue weighted by Crippen LogP contribution is 2.36. The summed E-state index contributed by atoms with van der Waals surface area (Å²) in [6, 6.07) is 22.2. The molecule has 0 heterocycles. The molecular formula is C36H35F3O. The number of benzene rings is 4. The molecule has 0 amide bonds. The Morgan fingerprint density at radius 2 is 1.60 bits per heavy atom. The van der Waals surface area contributed by atoms with Gasteiger partial charge in [0.25, 0.3) is 0 Å². The lowest BCUT2D eigenvalue weighted by Gasteiger charge is -2.26. The van der Waals surface area contributed by atoms with Crippen LogP contribution >= 0.6 is 0 Å². The van der Waals surface area contributed by atoms with E-state index in [1.165, 1.54) is 54.2 Å². The molecule has 1 nitrogen and oxygen atoms in total. The minimum Gasteiger partial charge on any atom is -0.486 e. The minimum absolute atomic E-state index is 0.0911. The van der Waals surface area contributed by atoms with E-state index < -0.39 is 11.6 Å². The van der Waals surface area contributed by atoms with Crippen LogP contribution < -0.4 is 4.74 Å². The van der Waals surface area contributed by atoms with Crippen molar-refractivity contribution in [2.75, 3.05) is 6.61 Å². The van der Waals surface area contributed by atoms with E-state index in [1.54, 1.807) is 30.3 Å². The fraction of sp³-hybridized carbons (Fsp3) is 0.278. The summed E-state index contributed by atoms with van der Waals surface area (Å²) in [6.07, 6.45) is 9.09. The normalized spacial score (nSPS) is 14.6. The van der Waals surface area contributed by atoms with Crippen LogP contribution in [0, 0.1) is 17.5 Å². The molecule has 1 aliphatic carbocycles. The first kappa shape index (κ1) is 27.8. The van der Waals surface area contributed by atoms with Gasteiger partial charge in [-0.15, -0.1) is 0 Å². The molecule has 1 atom stereocenters. The van der Waals surface area contributed by atoms with Crippen molar-refractivity contribution < 1.29 is 17.9 Å². The maximum atomic E-state index is 15.4. The number of fused-ring (bicyclic) bond motifs is 1. The Labute approximate surface area is 235 Å². The van der Waals surface area contributed by atoms with Gasteiger partial charge in [0.2, 0.25) is 5.82 Å². The highest BCUT2D eigenvalue weighted by atomic mass is 19.2. The highest BCUT2D eigenvalue weighted by molar-refractivity contribution is 5.71. The molecule has 4 heteroatoms. The van der Waals surface area contributed by atoms with Crippen LogP contribution in [0.4, 0.5) is 13.2 Å². The lowest BCUT2D eigenvalue weighted by molar-refractivity contribution is 0.333. The molecule has 0 saturated carbocycles. The Balaban J connectivity index is 1.29. The molecule has 0 aliphatic heterocycles. The van der Waals surface area contributed by atoms with Gasteiger partial charge in [0.15, 0.2) is 11.6 Å². The summed E-state index contributed by atoms with van der Waals surface area (Å²) in [5.41, 5.74) is 7.15. The van der Waals surface area contributed by atoms with Gasteiger partial charge in [-0.25, -0.2) is 8.78 Å². The van der Waals surface area contributed by atoms with E-state index in [0.717, 1.165) is 42.4 Å². The van der Waals surface area contributed by atoms with Gasteiger partial charge < -0.3 is 4.74 Å². The molecule has 0 spiro atoms. The average molecular weight is 541 g/mol. The Morgan fingerprint density at radius 1 is 0.825 bits per heavy atom. The van der Waals surface area contributed by atoms with Gasteiger partial charge in [0, 0.05) is 5.56 Å². The third-order valence-corrected chi connectivity index (χ3v) is 7.94. The Bertz CT molecular complexity index is 1490. The van der Waals surface area contributed by atoms with E-state index in [-0.39, 0.29) is 29.7 Å². The standard InChI is InChI=1S/C36H35F3O/c1-3-5-6-7-24-8-9-28-22-30(15-14-27(28)21-24)31-17-16-29(23-33(31)37)25-10-12-26(13-11-25)32-18-19-34(40-20-4-2)36(39)35(32)38/h4,8-13,16-19,21,23,30H,2-3,5-7,14-15,20,22H2,1H3. The molecular weight excluding hydrogens is 505 g/mol. The van der Waals surface area contributed by atoms with Gasteiger partial charge in [-0.2, -0.15) is 4.39 Å². The average Bonchev–Trinajstić information content (AvgIpc) is 2.98. The molecule has 4 aromatic carbocycles. The quantitative estimate of drug-likeness (QED) is 0.144. The van der Waals surface area contributed by atoms with Crippen LogP contribution in [-0.2, 0) is 19.3 Å². The zero-order valence-corrected chi connectivity index (χ0v) is 23.0. The summed E-state index contributed by atoms with van der Waals surface area (Å²) < 4.78 is 49.7. The number of halogens is 3. The highest BCUT2D eigenvalue weighted by Gasteiger charge is 2.23. The summed E-state index contributed by atoms with van der Waals surface area (Å²) in [7, 11) is 0. The Morgan fingerprint density at radius 3 is 2.35 bits per heavy atom. The predicted molar refractivity (Wildman–Crippen MR) is 157 cm³/mol.